The molecule has 2 aromatic rings. The number of benzene rings is 1. The average Bonchev–Trinajstić information content (AvgIpc) is 2.74. The molecule has 0 atom stereocenters. The van der Waals surface area contributed by atoms with E-state index in [0.29, 0.717) is 10.2 Å². The van der Waals surface area contributed by atoms with Crippen molar-refractivity contribution in [2.45, 2.75) is 19.5 Å². The van der Waals surface area contributed by atoms with Gasteiger partial charge in [0.1, 0.15) is 5.82 Å². The Morgan fingerprint density at radius 1 is 1.25 bits per heavy atom. The Bertz CT molecular complexity index is 629. The van der Waals surface area contributed by atoms with Crippen molar-refractivity contribution in [1.29, 1.82) is 0 Å². The van der Waals surface area contributed by atoms with E-state index in [2.05, 4.69) is 5.10 Å². The van der Waals surface area contributed by atoms with Crippen molar-refractivity contribution in [3.05, 3.63) is 53.1 Å². The van der Waals surface area contributed by atoms with Crippen LogP contribution < -0.4 is 0 Å². The van der Waals surface area contributed by atoms with E-state index in [-0.39, 0.29) is 12.1 Å². The van der Waals surface area contributed by atoms with Crippen LogP contribution in [-0.4, -0.2) is 15.7 Å². The number of aromatic nitrogens is 2. The molecule has 0 aliphatic heterocycles. The highest BCUT2D eigenvalue weighted by atomic mass is 19.4. The molecule has 0 saturated heterocycles. The lowest BCUT2D eigenvalue weighted by Crippen LogP contribution is -2.17. The second-order valence-corrected chi connectivity index (χ2v) is 4.28. The molecule has 20 heavy (non-hydrogen) atoms. The fraction of sp³-hybridized carbons (Fsp3) is 0.231. The number of hydrogen-bond acceptors (Lipinski definition) is 2. The summed E-state index contributed by atoms with van der Waals surface area (Å²) in [5, 5.41) is 3.26. The van der Waals surface area contributed by atoms with Gasteiger partial charge in [0.2, 0.25) is 0 Å². The first-order valence-corrected chi connectivity index (χ1v) is 5.69. The Morgan fingerprint density at radius 2 is 1.85 bits per heavy atom. The molecule has 106 valence electrons. The van der Waals surface area contributed by atoms with E-state index in [0.717, 1.165) is 6.07 Å². The van der Waals surface area contributed by atoms with Crippen LogP contribution in [0.25, 0.3) is 0 Å². The summed E-state index contributed by atoms with van der Waals surface area (Å²) in [7, 11) is 0. The van der Waals surface area contributed by atoms with Gasteiger partial charge in [0.15, 0.2) is 5.69 Å². The highest BCUT2D eigenvalue weighted by molar-refractivity contribution is 5.81. The van der Waals surface area contributed by atoms with E-state index in [4.69, 9.17) is 0 Å². The molecular weight excluding hydrogens is 276 g/mol. The molecule has 0 aliphatic carbocycles. The van der Waals surface area contributed by atoms with Crippen molar-refractivity contribution < 1.29 is 22.4 Å². The third kappa shape index (κ3) is 3.04. The molecule has 0 amide bonds. The van der Waals surface area contributed by atoms with Gasteiger partial charge in [-0.25, -0.2) is 9.07 Å². The fourth-order valence-electron chi connectivity index (χ4n) is 1.72. The Kier molecular flexibility index (Phi) is 3.61. The zero-order chi connectivity index (χ0) is 14.9. The minimum absolute atomic E-state index is 0.101. The van der Waals surface area contributed by atoms with Gasteiger partial charge < -0.3 is 0 Å². The SMILES string of the molecule is Cc1cc(C(F)(F)F)nn1C(=O)Cc1ccc(F)cc1. The normalized spacial score (nSPS) is 11.7. The van der Waals surface area contributed by atoms with Crippen LogP contribution in [0.4, 0.5) is 17.6 Å². The number of aryl methyl sites for hydroxylation is 1. The molecule has 0 aliphatic rings. The Labute approximate surface area is 111 Å². The van der Waals surface area contributed by atoms with Crippen LogP contribution in [0.3, 0.4) is 0 Å². The van der Waals surface area contributed by atoms with Crippen molar-refractivity contribution in [2.75, 3.05) is 0 Å². The minimum atomic E-state index is -4.59. The maximum atomic E-state index is 12.7. The number of alkyl halides is 3. The topological polar surface area (TPSA) is 34.9 Å². The van der Waals surface area contributed by atoms with Crippen molar-refractivity contribution in [3.63, 3.8) is 0 Å². The van der Waals surface area contributed by atoms with Gasteiger partial charge in [-0.2, -0.15) is 18.3 Å². The highest BCUT2D eigenvalue weighted by Gasteiger charge is 2.35. The first-order chi connectivity index (χ1) is 9.27. The average molecular weight is 286 g/mol. The van der Waals surface area contributed by atoms with Crippen LogP contribution in [0.1, 0.15) is 21.7 Å². The number of nitrogens with zero attached hydrogens (tertiary/aromatic N) is 2. The molecule has 0 spiro atoms. The van der Waals surface area contributed by atoms with Gasteiger partial charge in [-0.05, 0) is 30.7 Å². The molecule has 1 heterocycles. The third-order valence-corrected chi connectivity index (χ3v) is 2.68. The summed E-state index contributed by atoms with van der Waals surface area (Å²) in [6.07, 6.45) is -4.74. The Balaban J connectivity index is 2.21. The smallest absolute Gasteiger partial charge is 0.272 e. The van der Waals surface area contributed by atoms with E-state index in [1.807, 2.05) is 0 Å². The van der Waals surface area contributed by atoms with Gasteiger partial charge in [0.05, 0.1) is 6.42 Å². The van der Waals surface area contributed by atoms with Crippen LogP contribution in [-0.2, 0) is 12.6 Å². The minimum Gasteiger partial charge on any atom is -0.272 e. The number of hydrogen-bond donors (Lipinski definition) is 0. The molecule has 0 unspecified atom stereocenters. The van der Waals surface area contributed by atoms with Gasteiger partial charge >= 0.3 is 6.18 Å². The fourth-order valence-corrected chi connectivity index (χ4v) is 1.72. The quantitative estimate of drug-likeness (QED) is 0.794. The van der Waals surface area contributed by atoms with E-state index >= 15 is 0 Å². The van der Waals surface area contributed by atoms with Crippen molar-refractivity contribution >= 4 is 5.91 Å². The summed E-state index contributed by atoms with van der Waals surface area (Å²) in [5.41, 5.74) is -0.508. The number of carbonyl (C=O) groups excluding carboxylic acids is 1. The summed E-state index contributed by atoms with van der Waals surface area (Å²) in [5.74, 6) is -1.06. The molecule has 0 saturated carbocycles. The molecule has 7 heteroatoms. The van der Waals surface area contributed by atoms with Crippen LogP contribution in [0.15, 0.2) is 30.3 Å². The zero-order valence-corrected chi connectivity index (χ0v) is 10.4. The molecule has 0 bridgehead atoms. The summed E-state index contributed by atoms with van der Waals surface area (Å²) in [4.78, 5) is 11.9. The standard InChI is InChI=1S/C13H10F4N2O/c1-8-6-11(13(15,16)17)18-19(8)12(20)7-9-2-4-10(14)5-3-9/h2-6H,7H2,1H3. The summed E-state index contributed by atoms with van der Waals surface area (Å²) in [6.45, 7) is 1.37. The predicted molar refractivity (Wildman–Crippen MR) is 62.7 cm³/mol. The molecule has 1 aromatic heterocycles. The van der Waals surface area contributed by atoms with Crippen molar-refractivity contribution in [2.24, 2.45) is 0 Å². The van der Waals surface area contributed by atoms with Gasteiger partial charge in [-0.15, -0.1) is 0 Å². The van der Waals surface area contributed by atoms with Crippen molar-refractivity contribution in [3.8, 4) is 0 Å². The maximum Gasteiger partial charge on any atom is 0.435 e. The third-order valence-electron chi connectivity index (χ3n) is 2.68. The monoisotopic (exact) mass is 286 g/mol. The van der Waals surface area contributed by atoms with Gasteiger partial charge in [-0.1, -0.05) is 12.1 Å². The lowest BCUT2D eigenvalue weighted by atomic mass is 10.1. The van der Waals surface area contributed by atoms with E-state index in [1.165, 1.54) is 31.2 Å². The number of rotatable bonds is 2. The second-order valence-electron chi connectivity index (χ2n) is 4.28. The van der Waals surface area contributed by atoms with Gasteiger partial charge in [0, 0.05) is 5.69 Å². The van der Waals surface area contributed by atoms with E-state index < -0.39 is 23.6 Å². The maximum absolute atomic E-state index is 12.7. The van der Waals surface area contributed by atoms with Crippen molar-refractivity contribution in [1.82, 2.24) is 9.78 Å². The highest BCUT2D eigenvalue weighted by Crippen LogP contribution is 2.28. The zero-order valence-electron chi connectivity index (χ0n) is 10.4. The van der Waals surface area contributed by atoms with E-state index in [9.17, 15) is 22.4 Å². The molecule has 3 nitrogen and oxygen atoms in total. The molecule has 2 rings (SSSR count). The van der Waals surface area contributed by atoms with Gasteiger partial charge in [-0.3, -0.25) is 4.79 Å². The van der Waals surface area contributed by atoms with Gasteiger partial charge in [0.25, 0.3) is 5.91 Å². The van der Waals surface area contributed by atoms with E-state index in [1.54, 1.807) is 0 Å². The van der Waals surface area contributed by atoms with Crippen LogP contribution >= 0.6 is 0 Å². The second kappa shape index (κ2) is 5.07. The molecule has 0 N–H and O–H groups in total. The lowest BCUT2D eigenvalue weighted by Gasteiger charge is -2.04. The number of carbonyl (C=O) groups is 1. The van der Waals surface area contributed by atoms with Crippen LogP contribution in [0.2, 0.25) is 0 Å². The molecule has 0 fully saturated rings. The predicted octanol–water partition coefficient (Wildman–Crippen LogP) is 3.23. The molecular formula is C13H10F4N2O. The van der Waals surface area contributed by atoms with Crippen LogP contribution in [0, 0.1) is 12.7 Å². The Morgan fingerprint density at radius 3 is 2.35 bits per heavy atom. The summed E-state index contributed by atoms with van der Waals surface area (Å²) < 4.78 is 50.9. The molecule has 1 aromatic carbocycles. The molecule has 0 radical (unpaired) electrons. The van der Waals surface area contributed by atoms with Crippen LogP contribution in [0.5, 0.6) is 0 Å². The lowest BCUT2D eigenvalue weighted by molar-refractivity contribution is -0.141. The Hall–Kier alpha value is -2.18. The summed E-state index contributed by atoms with van der Waals surface area (Å²) >= 11 is 0. The first kappa shape index (κ1) is 14.2. The largest absolute Gasteiger partial charge is 0.435 e. The number of halogens is 4. The summed E-state index contributed by atoms with van der Waals surface area (Å²) in [6, 6.07) is 5.97. The first-order valence-electron chi connectivity index (χ1n) is 5.69.